The Hall–Kier alpha value is -2.70. The molecule has 0 bridgehead atoms. The molecular formula is C16H19N5O2. The van der Waals surface area contributed by atoms with E-state index in [1.807, 2.05) is 39.8 Å². The van der Waals surface area contributed by atoms with Crippen molar-refractivity contribution < 1.29 is 9.53 Å². The number of pyridine rings is 2. The minimum Gasteiger partial charge on any atom is -0.442 e. The number of nitrogens with zero attached hydrogens (tertiary/aromatic N) is 5. The van der Waals surface area contributed by atoms with Crippen molar-refractivity contribution in [3.05, 3.63) is 30.9 Å². The number of fused-ring (bicyclic) bond motifs is 3. The average molecular weight is 313 g/mol. The fourth-order valence-corrected chi connectivity index (χ4v) is 2.36. The summed E-state index contributed by atoms with van der Waals surface area (Å²) in [6, 6.07) is 3.70. The first-order valence-corrected chi connectivity index (χ1v) is 7.48. The molecule has 3 aromatic rings. The second-order valence-electron chi connectivity index (χ2n) is 6.15. The second kappa shape index (κ2) is 5.49. The lowest BCUT2D eigenvalue weighted by molar-refractivity contribution is 0.0543. The summed E-state index contributed by atoms with van der Waals surface area (Å²) >= 11 is 0. The zero-order chi connectivity index (χ0) is 16.6. The molecule has 120 valence electrons. The highest BCUT2D eigenvalue weighted by Crippen LogP contribution is 2.21. The Bertz CT molecular complexity index is 866. The van der Waals surface area contributed by atoms with Crippen molar-refractivity contribution in [3.8, 4) is 0 Å². The molecule has 3 rings (SSSR count). The van der Waals surface area contributed by atoms with Crippen LogP contribution in [0.5, 0.6) is 0 Å². The third-order valence-corrected chi connectivity index (χ3v) is 3.28. The average Bonchev–Trinajstić information content (AvgIpc) is 2.90. The van der Waals surface area contributed by atoms with Gasteiger partial charge in [-0.25, -0.2) is 19.5 Å². The Morgan fingerprint density at radius 2 is 2.04 bits per heavy atom. The van der Waals surface area contributed by atoms with Gasteiger partial charge >= 0.3 is 6.09 Å². The third kappa shape index (κ3) is 2.81. The fraction of sp³-hybridized carbons (Fsp3) is 0.375. The van der Waals surface area contributed by atoms with Gasteiger partial charge in [-0.1, -0.05) is 0 Å². The molecule has 0 spiro atoms. The van der Waals surface area contributed by atoms with Gasteiger partial charge in [0.25, 0.3) is 0 Å². The van der Waals surface area contributed by atoms with Gasteiger partial charge in [-0.2, -0.15) is 0 Å². The molecule has 0 aromatic carbocycles. The van der Waals surface area contributed by atoms with Gasteiger partial charge < -0.3 is 4.74 Å². The summed E-state index contributed by atoms with van der Waals surface area (Å²) in [7, 11) is 0. The van der Waals surface area contributed by atoms with Gasteiger partial charge in [0.1, 0.15) is 28.5 Å². The number of amides is 1. The maximum Gasteiger partial charge on any atom is 0.429 e. The molecular weight excluding hydrogens is 294 g/mol. The number of ether oxygens (including phenoxy) is 1. The first kappa shape index (κ1) is 15.2. The summed E-state index contributed by atoms with van der Waals surface area (Å²) in [5, 5.41) is 1.49. The molecule has 0 saturated carbocycles. The quantitative estimate of drug-likeness (QED) is 0.727. The van der Waals surface area contributed by atoms with E-state index in [1.165, 1.54) is 5.01 Å². The molecule has 3 heterocycles. The zero-order valence-corrected chi connectivity index (χ0v) is 13.6. The van der Waals surface area contributed by atoms with E-state index in [4.69, 9.17) is 4.74 Å². The van der Waals surface area contributed by atoms with Crippen LogP contribution < -0.4 is 5.01 Å². The topological polar surface area (TPSA) is 73.1 Å². The summed E-state index contributed by atoms with van der Waals surface area (Å²) in [6.45, 7) is 7.84. The smallest absolute Gasteiger partial charge is 0.429 e. The molecule has 0 N–H and O–H groups in total. The summed E-state index contributed by atoms with van der Waals surface area (Å²) in [5.41, 5.74) is 2.30. The van der Waals surface area contributed by atoms with Gasteiger partial charge in [-0.15, -0.1) is 0 Å². The highest BCUT2D eigenvalue weighted by atomic mass is 16.6. The van der Waals surface area contributed by atoms with E-state index in [2.05, 4.69) is 15.0 Å². The number of carbonyl (C=O) groups is 1. The van der Waals surface area contributed by atoms with Gasteiger partial charge in [-0.3, -0.25) is 9.97 Å². The lowest BCUT2D eigenvalue weighted by Crippen LogP contribution is -2.43. The Kier molecular flexibility index (Phi) is 3.63. The van der Waals surface area contributed by atoms with Crippen molar-refractivity contribution in [2.75, 3.05) is 11.6 Å². The lowest BCUT2D eigenvalue weighted by atomic mass is 10.2. The van der Waals surface area contributed by atoms with Crippen molar-refractivity contribution in [1.82, 2.24) is 19.6 Å². The first-order valence-electron chi connectivity index (χ1n) is 7.48. The molecule has 7 nitrogen and oxygen atoms in total. The number of rotatable bonds is 2. The fourth-order valence-electron chi connectivity index (χ4n) is 2.36. The normalized spacial score (nSPS) is 11.8. The molecule has 0 aliphatic heterocycles. The van der Waals surface area contributed by atoms with Crippen LogP contribution in [0.15, 0.2) is 30.9 Å². The standard InChI is InChI=1S/C16H19N5O2/c1-5-20(15(22)23-16(2,3)4)21-10-19-12-9-18-11-7-6-8-17-13(11)14(12)21/h6-10H,5H2,1-4H3. The van der Waals surface area contributed by atoms with Crippen LogP contribution in [0.4, 0.5) is 4.79 Å². The van der Waals surface area contributed by atoms with E-state index >= 15 is 0 Å². The highest BCUT2D eigenvalue weighted by Gasteiger charge is 2.24. The Labute approximate surface area is 133 Å². The van der Waals surface area contributed by atoms with Gasteiger partial charge in [0.2, 0.25) is 0 Å². The van der Waals surface area contributed by atoms with Crippen molar-refractivity contribution in [1.29, 1.82) is 0 Å². The largest absolute Gasteiger partial charge is 0.442 e. The van der Waals surface area contributed by atoms with Crippen LogP contribution in [0.3, 0.4) is 0 Å². The summed E-state index contributed by atoms with van der Waals surface area (Å²) < 4.78 is 7.16. The number of hydrogen-bond acceptors (Lipinski definition) is 5. The van der Waals surface area contributed by atoms with Crippen LogP contribution in [0.2, 0.25) is 0 Å². The number of imidazole rings is 1. The van der Waals surface area contributed by atoms with Crippen LogP contribution >= 0.6 is 0 Å². The van der Waals surface area contributed by atoms with E-state index in [-0.39, 0.29) is 0 Å². The van der Waals surface area contributed by atoms with Crippen molar-refractivity contribution in [2.45, 2.75) is 33.3 Å². The van der Waals surface area contributed by atoms with Gasteiger partial charge in [0, 0.05) is 12.7 Å². The minimum absolute atomic E-state index is 0.430. The third-order valence-electron chi connectivity index (χ3n) is 3.28. The monoisotopic (exact) mass is 313 g/mol. The second-order valence-corrected chi connectivity index (χ2v) is 6.15. The molecule has 0 aliphatic carbocycles. The summed E-state index contributed by atoms with van der Waals surface area (Å²) in [4.78, 5) is 25.5. The lowest BCUT2D eigenvalue weighted by Gasteiger charge is -2.27. The Balaban J connectivity index is 2.14. The first-order chi connectivity index (χ1) is 10.9. The number of hydrogen-bond donors (Lipinski definition) is 0. The van der Waals surface area contributed by atoms with Gasteiger partial charge in [-0.05, 0) is 39.8 Å². The van der Waals surface area contributed by atoms with Crippen molar-refractivity contribution in [2.24, 2.45) is 0 Å². The van der Waals surface area contributed by atoms with E-state index < -0.39 is 11.7 Å². The minimum atomic E-state index is -0.567. The maximum atomic E-state index is 12.5. The van der Waals surface area contributed by atoms with Crippen LogP contribution in [-0.4, -0.2) is 37.9 Å². The number of carbonyl (C=O) groups excluding carboxylic acids is 1. The maximum absolute atomic E-state index is 12.5. The number of aromatic nitrogens is 4. The highest BCUT2D eigenvalue weighted by molar-refractivity contribution is 6.00. The van der Waals surface area contributed by atoms with Crippen molar-refractivity contribution >= 4 is 28.2 Å². The molecule has 0 radical (unpaired) electrons. The van der Waals surface area contributed by atoms with Crippen LogP contribution in [0, 0.1) is 0 Å². The molecule has 0 fully saturated rings. The van der Waals surface area contributed by atoms with E-state index in [0.717, 1.165) is 11.0 Å². The van der Waals surface area contributed by atoms with Crippen LogP contribution in [0.25, 0.3) is 22.1 Å². The van der Waals surface area contributed by atoms with Crippen LogP contribution in [-0.2, 0) is 4.74 Å². The predicted molar refractivity (Wildman–Crippen MR) is 87.8 cm³/mol. The van der Waals surface area contributed by atoms with Gasteiger partial charge in [0.05, 0.1) is 11.7 Å². The SMILES string of the molecule is CCN(C(=O)OC(C)(C)C)n1cnc2cnc3cccnc3c21. The molecule has 0 atom stereocenters. The molecule has 0 unspecified atom stereocenters. The molecule has 3 aromatic heterocycles. The Morgan fingerprint density at radius 1 is 1.26 bits per heavy atom. The summed E-state index contributed by atoms with van der Waals surface area (Å²) in [5.74, 6) is 0. The predicted octanol–water partition coefficient (Wildman–Crippen LogP) is 2.87. The Morgan fingerprint density at radius 3 is 2.74 bits per heavy atom. The molecule has 1 amide bonds. The molecule has 0 aliphatic rings. The van der Waals surface area contributed by atoms with Crippen molar-refractivity contribution in [3.63, 3.8) is 0 Å². The van der Waals surface area contributed by atoms with E-state index in [1.54, 1.807) is 23.4 Å². The van der Waals surface area contributed by atoms with Crippen LogP contribution in [0.1, 0.15) is 27.7 Å². The van der Waals surface area contributed by atoms with Gasteiger partial charge in [0.15, 0.2) is 0 Å². The molecule has 0 saturated heterocycles. The zero-order valence-electron chi connectivity index (χ0n) is 13.6. The van der Waals surface area contributed by atoms with E-state index in [0.29, 0.717) is 17.6 Å². The molecule has 7 heteroatoms. The molecule has 23 heavy (non-hydrogen) atoms. The van der Waals surface area contributed by atoms with E-state index in [9.17, 15) is 4.79 Å². The summed E-state index contributed by atoms with van der Waals surface area (Å²) in [6.07, 6.45) is 4.54.